The zero-order chi connectivity index (χ0) is 24.1. The van der Waals surface area contributed by atoms with E-state index in [9.17, 15) is 9.59 Å². The summed E-state index contributed by atoms with van der Waals surface area (Å²) in [6.45, 7) is 10.1. The summed E-state index contributed by atoms with van der Waals surface area (Å²) in [5, 5.41) is 0. The Morgan fingerprint density at radius 1 is 1.21 bits per heavy atom. The quantitative estimate of drug-likeness (QED) is 0.218. The molecule has 3 fully saturated rings. The van der Waals surface area contributed by atoms with Gasteiger partial charge in [0.25, 0.3) is 0 Å². The molecule has 4 aliphatic rings. The number of hydrogen-bond acceptors (Lipinski definition) is 5. The number of allylic oxidation sites excluding steroid dienone is 4. The van der Waals surface area contributed by atoms with Crippen LogP contribution in [0.4, 0.5) is 4.39 Å². The van der Waals surface area contributed by atoms with E-state index < -0.39 is 23.2 Å². The largest absolute Gasteiger partial charge is 0.459 e. The molecule has 0 heterocycles. The number of ketones is 1. The smallest absolute Gasteiger partial charge is 0.303 e. The molecule has 0 spiro atoms. The third-order valence-corrected chi connectivity index (χ3v) is 12.9. The maximum Gasteiger partial charge on any atom is 0.303 e. The number of rotatable bonds is 7. The second-order valence-electron chi connectivity index (χ2n) is 10.8. The van der Waals surface area contributed by atoms with Gasteiger partial charge in [-0.1, -0.05) is 38.8 Å². The Morgan fingerprint density at radius 2 is 1.97 bits per heavy atom. The highest BCUT2D eigenvalue weighted by Crippen LogP contribution is 2.74. The lowest BCUT2D eigenvalue weighted by Crippen LogP contribution is -2.68. The van der Waals surface area contributed by atoms with Gasteiger partial charge in [-0.25, -0.2) is 4.39 Å². The van der Waals surface area contributed by atoms with Crippen LogP contribution in [0.15, 0.2) is 23.8 Å². The van der Waals surface area contributed by atoms with Crippen molar-refractivity contribution in [2.75, 3.05) is 11.5 Å². The van der Waals surface area contributed by atoms with Gasteiger partial charge in [0.2, 0.25) is 0 Å². The fourth-order valence-corrected chi connectivity index (χ4v) is 11.4. The van der Waals surface area contributed by atoms with Crippen LogP contribution in [-0.4, -0.2) is 39.1 Å². The molecule has 0 saturated heterocycles. The summed E-state index contributed by atoms with van der Waals surface area (Å²) in [4.78, 5) is 24.4. The zero-order valence-corrected chi connectivity index (χ0v) is 22.4. The van der Waals surface area contributed by atoms with Gasteiger partial charge in [-0.3, -0.25) is 9.59 Å². The Morgan fingerprint density at radius 3 is 2.64 bits per heavy atom. The van der Waals surface area contributed by atoms with E-state index in [4.69, 9.17) is 4.74 Å². The maximum atomic E-state index is 17.7. The monoisotopic (exact) mass is 494 g/mol. The van der Waals surface area contributed by atoms with Crippen molar-refractivity contribution in [2.45, 2.75) is 95.4 Å². The topological polar surface area (TPSA) is 43.4 Å². The molecule has 0 aromatic carbocycles. The number of esters is 1. The summed E-state index contributed by atoms with van der Waals surface area (Å²) >= 11 is 4.11. The number of fused-ring (bicyclic) bond motifs is 5. The van der Waals surface area contributed by atoms with E-state index in [0.717, 1.165) is 36.3 Å². The van der Waals surface area contributed by atoms with E-state index in [1.807, 2.05) is 18.7 Å². The fourth-order valence-electron chi connectivity index (χ4n) is 7.58. The molecule has 2 unspecified atom stereocenters. The lowest BCUT2D eigenvalue weighted by Gasteiger charge is -2.63. The first-order valence-electron chi connectivity index (χ1n) is 12.7. The van der Waals surface area contributed by atoms with Crippen LogP contribution in [-0.2, 0) is 14.3 Å². The molecule has 3 nitrogen and oxygen atoms in total. The lowest BCUT2D eigenvalue weighted by atomic mass is 9.46. The molecule has 0 N–H and O–H groups in total. The van der Waals surface area contributed by atoms with Crippen molar-refractivity contribution < 1.29 is 18.7 Å². The molecule has 0 aromatic rings. The summed E-state index contributed by atoms with van der Waals surface area (Å²) < 4.78 is 23.7. The van der Waals surface area contributed by atoms with Crippen molar-refractivity contribution in [2.24, 2.45) is 22.7 Å². The molecule has 4 aliphatic carbocycles. The molecule has 33 heavy (non-hydrogen) atoms. The summed E-state index contributed by atoms with van der Waals surface area (Å²) in [7, 11) is 0. The van der Waals surface area contributed by atoms with E-state index in [1.54, 1.807) is 12.2 Å². The zero-order valence-electron chi connectivity index (χ0n) is 20.7. The van der Waals surface area contributed by atoms with Gasteiger partial charge in [0.15, 0.2) is 11.5 Å². The fraction of sp³-hybridized carbons (Fsp3) is 0.778. The minimum atomic E-state index is -1.70. The molecule has 7 atom stereocenters. The molecule has 0 amide bonds. The molecule has 0 aliphatic heterocycles. The lowest BCUT2D eigenvalue weighted by molar-refractivity contribution is -0.209. The standard InChI is InChI=1S/C27H39FO3S2/c1-6-8-15-33-26(32-7-2)14-12-21-22-10-9-19-16-20(30)11-13-24(19,4)27(22,28)23(31-18(3)29)17-25(21,26)5/h11,13,16,21-23H,6-10,12,14-15,17H2,1-5H3/t21-,22-,23?,24-,25-,26?,27-/m0/s1. The van der Waals surface area contributed by atoms with Gasteiger partial charge in [-0.05, 0) is 80.4 Å². The molecule has 4 rings (SSSR count). The third kappa shape index (κ3) is 3.68. The van der Waals surface area contributed by atoms with Crippen LogP contribution in [0.2, 0.25) is 0 Å². The molecule has 184 valence electrons. The van der Waals surface area contributed by atoms with Crippen molar-refractivity contribution in [3.05, 3.63) is 23.8 Å². The number of unbranched alkanes of at least 4 members (excludes halogenated alkanes) is 1. The van der Waals surface area contributed by atoms with Crippen LogP contribution < -0.4 is 0 Å². The van der Waals surface area contributed by atoms with Gasteiger partial charge < -0.3 is 4.74 Å². The van der Waals surface area contributed by atoms with E-state index in [-0.39, 0.29) is 27.1 Å². The highest BCUT2D eigenvalue weighted by atomic mass is 32.2. The minimum absolute atomic E-state index is 0.0245. The SMILES string of the molecule is CCCCSC1(SCC)CC[C@H]2[C@@H]3CCC4=CC(=O)C=C[C@]4(C)[C@@]3(F)C(OC(C)=O)C[C@@]21C. The first-order valence-corrected chi connectivity index (χ1v) is 14.6. The third-order valence-electron chi connectivity index (χ3n) is 9.18. The number of hydrogen-bond donors (Lipinski definition) is 0. The predicted molar refractivity (Wildman–Crippen MR) is 136 cm³/mol. The van der Waals surface area contributed by atoms with Crippen molar-refractivity contribution >= 4 is 35.3 Å². The Kier molecular flexibility index (Phi) is 6.94. The first-order chi connectivity index (χ1) is 15.6. The highest BCUT2D eigenvalue weighted by Gasteiger charge is 2.74. The van der Waals surface area contributed by atoms with E-state index in [0.29, 0.717) is 12.8 Å². The van der Waals surface area contributed by atoms with Crippen LogP contribution in [0.25, 0.3) is 0 Å². The van der Waals surface area contributed by atoms with Gasteiger partial charge in [0, 0.05) is 18.3 Å². The minimum Gasteiger partial charge on any atom is -0.459 e. The number of carbonyl (C=O) groups excluding carboxylic acids is 2. The van der Waals surface area contributed by atoms with E-state index >= 15 is 4.39 Å². The average molecular weight is 495 g/mol. The van der Waals surface area contributed by atoms with Crippen LogP contribution in [0.5, 0.6) is 0 Å². The Bertz CT molecular complexity index is 871. The molecule has 0 aromatic heterocycles. The number of carbonyl (C=O) groups is 2. The van der Waals surface area contributed by atoms with Gasteiger partial charge in [0.05, 0.1) is 4.08 Å². The molecular weight excluding hydrogens is 455 g/mol. The van der Waals surface area contributed by atoms with Gasteiger partial charge in [-0.2, -0.15) is 0 Å². The molecule has 3 saturated carbocycles. The Hall–Kier alpha value is -0.750. The van der Waals surface area contributed by atoms with Crippen LogP contribution >= 0.6 is 23.5 Å². The van der Waals surface area contributed by atoms with Crippen molar-refractivity contribution in [1.82, 2.24) is 0 Å². The van der Waals surface area contributed by atoms with Gasteiger partial charge in [-0.15, -0.1) is 23.5 Å². The summed E-state index contributed by atoms with van der Waals surface area (Å²) in [5.41, 5.74) is -1.87. The van der Waals surface area contributed by atoms with Crippen molar-refractivity contribution in [3.63, 3.8) is 0 Å². The predicted octanol–water partition coefficient (Wildman–Crippen LogP) is 6.91. The van der Waals surface area contributed by atoms with Crippen LogP contribution in [0.1, 0.15) is 79.6 Å². The molecular formula is C27H39FO3S2. The second-order valence-corrected chi connectivity index (χ2v) is 14.0. The van der Waals surface area contributed by atoms with Crippen molar-refractivity contribution in [1.29, 1.82) is 0 Å². The molecule has 6 heteroatoms. The number of halogens is 1. The van der Waals surface area contributed by atoms with Crippen LogP contribution in [0, 0.1) is 22.7 Å². The summed E-state index contributed by atoms with van der Waals surface area (Å²) in [5.74, 6) is 1.71. The Balaban J connectivity index is 1.80. The maximum absolute atomic E-state index is 17.7. The summed E-state index contributed by atoms with van der Waals surface area (Å²) in [6.07, 6.45) is 10.5. The van der Waals surface area contributed by atoms with Gasteiger partial charge in [0.1, 0.15) is 6.10 Å². The number of ether oxygens (including phenoxy) is 1. The average Bonchev–Trinajstić information content (AvgIpc) is 3.02. The molecule has 0 radical (unpaired) electrons. The second kappa shape index (κ2) is 9.04. The van der Waals surface area contributed by atoms with E-state index in [2.05, 4.69) is 32.5 Å². The number of thioether (sulfide) groups is 2. The molecule has 0 bridgehead atoms. The Labute approximate surface area is 207 Å². The van der Waals surface area contributed by atoms with Gasteiger partial charge >= 0.3 is 5.97 Å². The van der Waals surface area contributed by atoms with Crippen molar-refractivity contribution in [3.8, 4) is 0 Å². The van der Waals surface area contributed by atoms with E-state index in [1.165, 1.54) is 25.8 Å². The normalized spacial score (nSPS) is 44.0. The number of alkyl halides is 1. The summed E-state index contributed by atoms with van der Waals surface area (Å²) in [6, 6.07) is 0. The van der Waals surface area contributed by atoms with Crippen LogP contribution in [0.3, 0.4) is 0 Å². The highest BCUT2D eigenvalue weighted by molar-refractivity contribution is 8.18. The first kappa shape index (κ1) is 25.3.